The molecule has 4 heteroatoms. The summed E-state index contributed by atoms with van der Waals surface area (Å²) in [5, 5.41) is 6.37. The molecule has 0 spiro atoms. The van der Waals surface area contributed by atoms with Crippen LogP contribution in [0.15, 0.2) is 18.2 Å². The number of nitrogens with zero attached hydrogens (tertiary/aromatic N) is 1. The highest BCUT2D eigenvalue weighted by Gasteiger charge is 2.12. The van der Waals surface area contributed by atoms with Gasteiger partial charge in [-0.15, -0.1) is 0 Å². The fraction of sp³-hybridized carbons (Fsp3) is 0.588. The van der Waals surface area contributed by atoms with Gasteiger partial charge in [-0.1, -0.05) is 19.9 Å². The smallest absolute Gasteiger partial charge is 0.251 e. The average Bonchev–Trinajstić information content (AvgIpc) is 2.54. The molecule has 2 rings (SSSR count). The van der Waals surface area contributed by atoms with E-state index in [4.69, 9.17) is 0 Å². The first-order chi connectivity index (χ1) is 10.2. The third kappa shape index (κ3) is 4.55. The normalized spacial score (nSPS) is 14.0. The number of carbonyl (C=O) groups excluding carboxylic acids is 1. The van der Waals surface area contributed by atoms with Crippen molar-refractivity contribution in [2.45, 2.75) is 33.2 Å². The van der Waals surface area contributed by atoms with Crippen molar-refractivity contribution in [3.63, 3.8) is 0 Å². The summed E-state index contributed by atoms with van der Waals surface area (Å²) in [6.07, 6.45) is 2.06. The molecule has 0 bridgehead atoms. The van der Waals surface area contributed by atoms with E-state index < -0.39 is 0 Å². The van der Waals surface area contributed by atoms with Gasteiger partial charge in [0.05, 0.1) is 0 Å². The van der Waals surface area contributed by atoms with Crippen LogP contribution in [0.2, 0.25) is 0 Å². The van der Waals surface area contributed by atoms with Crippen molar-refractivity contribution in [3.8, 4) is 0 Å². The molecule has 0 fully saturated rings. The van der Waals surface area contributed by atoms with E-state index in [0.29, 0.717) is 0 Å². The number of benzene rings is 1. The lowest BCUT2D eigenvalue weighted by atomic mass is 9.98. The lowest BCUT2D eigenvalue weighted by molar-refractivity contribution is 0.0951. The predicted molar refractivity (Wildman–Crippen MR) is 86.6 cm³/mol. The van der Waals surface area contributed by atoms with Crippen molar-refractivity contribution in [2.75, 3.05) is 32.7 Å². The van der Waals surface area contributed by atoms with E-state index in [9.17, 15) is 4.79 Å². The Hall–Kier alpha value is -1.39. The van der Waals surface area contributed by atoms with Crippen molar-refractivity contribution in [1.29, 1.82) is 0 Å². The lowest BCUT2D eigenvalue weighted by Gasteiger charge is -2.18. The van der Waals surface area contributed by atoms with E-state index in [1.54, 1.807) is 0 Å². The van der Waals surface area contributed by atoms with E-state index in [1.165, 1.54) is 11.1 Å². The van der Waals surface area contributed by atoms with Crippen LogP contribution in [-0.4, -0.2) is 43.5 Å². The SMILES string of the molecule is CCN(CC)CCCNC(=O)c1ccc2c(c1)CNCC2. The monoisotopic (exact) mass is 289 g/mol. The van der Waals surface area contributed by atoms with Crippen molar-refractivity contribution >= 4 is 5.91 Å². The Morgan fingerprint density at radius 3 is 2.86 bits per heavy atom. The van der Waals surface area contributed by atoms with Crippen LogP contribution in [0.1, 0.15) is 41.8 Å². The summed E-state index contributed by atoms with van der Waals surface area (Å²) in [7, 11) is 0. The Morgan fingerprint density at radius 2 is 2.10 bits per heavy atom. The first kappa shape index (κ1) is 16.0. The molecule has 1 amide bonds. The third-order valence-corrected chi connectivity index (χ3v) is 4.19. The zero-order chi connectivity index (χ0) is 15.1. The Bertz CT molecular complexity index is 469. The van der Waals surface area contributed by atoms with Crippen molar-refractivity contribution < 1.29 is 4.79 Å². The summed E-state index contributed by atoms with van der Waals surface area (Å²) < 4.78 is 0. The summed E-state index contributed by atoms with van der Waals surface area (Å²) in [6.45, 7) is 10.2. The van der Waals surface area contributed by atoms with Gasteiger partial charge in [-0.2, -0.15) is 0 Å². The van der Waals surface area contributed by atoms with Crippen LogP contribution >= 0.6 is 0 Å². The van der Waals surface area contributed by atoms with Gasteiger partial charge in [0, 0.05) is 18.7 Å². The molecule has 1 aliphatic heterocycles. The molecule has 4 nitrogen and oxygen atoms in total. The second-order valence-corrected chi connectivity index (χ2v) is 5.55. The number of hydrogen-bond acceptors (Lipinski definition) is 3. The van der Waals surface area contributed by atoms with E-state index >= 15 is 0 Å². The second-order valence-electron chi connectivity index (χ2n) is 5.55. The van der Waals surface area contributed by atoms with Crippen LogP contribution in [0.3, 0.4) is 0 Å². The van der Waals surface area contributed by atoms with Gasteiger partial charge >= 0.3 is 0 Å². The molecule has 1 aliphatic rings. The molecule has 1 aromatic rings. The van der Waals surface area contributed by atoms with Gasteiger partial charge in [-0.25, -0.2) is 0 Å². The minimum Gasteiger partial charge on any atom is -0.352 e. The second kappa shape index (κ2) is 8.15. The predicted octanol–water partition coefficient (Wildman–Crippen LogP) is 1.79. The van der Waals surface area contributed by atoms with Crippen LogP contribution in [-0.2, 0) is 13.0 Å². The highest BCUT2D eigenvalue weighted by molar-refractivity contribution is 5.94. The Kier molecular flexibility index (Phi) is 6.21. The van der Waals surface area contributed by atoms with Crippen LogP contribution in [0.25, 0.3) is 0 Å². The van der Waals surface area contributed by atoms with Gasteiger partial charge in [-0.3, -0.25) is 4.79 Å². The van der Waals surface area contributed by atoms with Crippen LogP contribution in [0.4, 0.5) is 0 Å². The summed E-state index contributed by atoms with van der Waals surface area (Å²) in [4.78, 5) is 14.5. The minimum absolute atomic E-state index is 0.0444. The standard InChI is InChI=1S/C17H27N3O/c1-3-20(4-2)11-5-9-19-17(21)15-7-6-14-8-10-18-13-16(14)12-15/h6-7,12,18H,3-5,8-11,13H2,1-2H3,(H,19,21). The maximum absolute atomic E-state index is 12.2. The van der Waals surface area contributed by atoms with Crippen LogP contribution in [0.5, 0.6) is 0 Å². The zero-order valence-electron chi connectivity index (χ0n) is 13.2. The van der Waals surface area contributed by atoms with Gasteiger partial charge < -0.3 is 15.5 Å². The van der Waals surface area contributed by atoms with E-state index in [0.717, 1.165) is 57.7 Å². The maximum Gasteiger partial charge on any atom is 0.251 e. The molecule has 0 radical (unpaired) electrons. The van der Waals surface area contributed by atoms with Crippen molar-refractivity contribution in [1.82, 2.24) is 15.5 Å². The molecule has 0 aromatic heterocycles. The molecule has 0 atom stereocenters. The Morgan fingerprint density at radius 1 is 1.29 bits per heavy atom. The molecule has 1 aromatic carbocycles. The fourth-order valence-electron chi connectivity index (χ4n) is 2.77. The minimum atomic E-state index is 0.0444. The Labute approximate surface area is 127 Å². The zero-order valence-corrected chi connectivity index (χ0v) is 13.2. The van der Waals surface area contributed by atoms with Crippen LogP contribution in [0, 0.1) is 0 Å². The quantitative estimate of drug-likeness (QED) is 0.752. The lowest BCUT2D eigenvalue weighted by Crippen LogP contribution is -2.30. The van der Waals surface area contributed by atoms with Gasteiger partial charge in [-0.05, 0) is 62.3 Å². The summed E-state index contributed by atoms with van der Waals surface area (Å²) in [6, 6.07) is 6.08. The molecule has 0 aliphatic carbocycles. The van der Waals surface area contributed by atoms with Gasteiger partial charge in [0.15, 0.2) is 0 Å². The van der Waals surface area contributed by atoms with Gasteiger partial charge in [0.1, 0.15) is 0 Å². The third-order valence-electron chi connectivity index (χ3n) is 4.19. The van der Waals surface area contributed by atoms with Crippen LogP contribution < -0.4 is 10.6 Å². The molecule has 2 N–H and O–H groups in total. The summed E-state index contributed by atoms with van der Waals surface area (Å²) in [5.74, 6) is 0.0444. The van der Waals surface area contributed by atoms with Gasteiger partial charge in [0.25, 0.3) is 5.91 Å². The number of amides is 1. The Balaban J connectivity index is 1.81. The van der Waals surface area contributed by atoms with E-state index in [1.807, 2.05) is 12.1 Å². The average molecular weight is 289 g/mol. The highest BCUT2D eigenvalue weighted by atomic mass is 16.1. The van der Waals surface area contributed by atoms with Gasteiger partial charge in [0.2, 0.25) is 0 Å². The number of nitrogens with one attached hydrogen (secondary N) is 2. The highest BCUT2D eigenvalue weighted by Crippen LogP contribution is 2.15. The molecule has 116 valence electrons. The molecular weight excluding hydrogens is 262 g/mol. The summed E-state index contributed by atoms with van der Waals surface area (Å²) in [5.41, 5.74) is 3.41. The number of carbonyl (C=O) groups is 1. The number of fused-ring (bicyclic) bond motifs is 1. The maximum atomic E-state index is 12.2. The summed E-state index contributed by atoms with van der Waals surface area (Å²) >= 11 is 0. The fourth-order valence-corrected chi connectivity index (χ4v) is 2.77. The molecule has 0 saturated carbocycles. The molecule has 0 unspecified atom stereocenters. The molecule has 1 heterocycles. The van der Waals surface area contributed by atoms with E-state index in [-0.39, 0.29) is 5.91 Å². The molecular formula is C17H27N3O. The topological polar surface area (TPSA) is 44.4 Å². The first-order valence-electron chi connectivity index (χ1n) is 8.07. The molecule has 21 heavy (non-hydrogen) atoms. The van der Waals surface area contributed by atoms with Crippen molar-refractivity contribution in [2.24, 2.45) is 0 Å². The van der Waals surface area contributed by atoms with Crippen molar-refractivity contribution in [3.05, 3.63) is 34.9 Å². The molecule has 0 saturated heterocycles. The van der Waals surface area contributed by atoms with E-state index in [2.05, 4.69) is 35.4 Å². The number of rotatable bonds is 7. The largest absolute Gasteiger partial charge is 0.352 e. The first-order valence-corrected chi connectivity index (χ1v) is 8.07. The number of hydrogen-bond donors (Lipinski definition) is 2.